The number of anilines is 1. The molecule has 1 N–H and O–H groups in total. The number of benzene rings is 2. The summed E-state index contributed by atoms with van der Waals surface area (Å²) < 4.78 is 33.5. The molecule has 0 spiro atoms. The molecule has 2 aromatic carbocycles. The van der Waals surface area contributed by atoms with Crippen LogP contribution in [0.2, 0.25) is 0 Å². The number of methoxy groups -OCH3 is 1. The Hall–Kier alpha value is -2.38. The predicted molar refractivity (Wildman–Crippen MR) is 114 cm³/mol. The molecule has 0 bridgehead atoms. The zero-order chi connectivity index (χ0) is 21.2. The average molecular weight is 417 g/mol. The van der Waals surface area contributed by atoms with Crippen LogP contribution in [0.15, 0.2) is 47.4 Å². The number of amides is 1. The lowest BCUT2D eigenvalue weighted by Crippen LogP contribution is -2.42. The van der Waals surface area contributed by atoms with Crippen LogP contribution in [0.1, 0.15) is 36.2 Å². The molecule has 1 heterocycles. The van der Waals surface area contributed by atoms with Gasteiger partial charge in [-0.1, -0.05) is 26.0 Å². The summed E-state index contributed by atoms with van der Waals surface area (Å²) in [5.74, 6) is 0.442. The van der Waals surface area contributed by atoms with Gasteiger partial charge in [0.15, 0.2) is 0 Å². The zero-order valence-corrected chi connectivity index (χ0v) is 18.1. The number of aryl methyl sites for hydroxylation is 1. The summed E-state index contributed by atoms with van der Waals surface area (Å²) in [7, 11) is -2.35. The largest absolute Gasteiger partial charge is 0.495 e. The van der Waals surface area contributed by atoms with E-state index in [4.69, 9.17) is 4.74 Å². The van der Waals surface area contributed by atoms with Crippen LogP contribution in [0.3, 0.4) is 0 Å². The molecular weight excluding hydrogens is 388 g/mol. The van der Waals surface area contributed by atoms with E-state index in [-0.39, 0.29) is 34.0 Å². The smallest absolute Gasteiger partial charge is 0.255 e. The number of carbonyl (C=O) groups excluding carboxylic acids is 1. The highest BCUT2D eigenvalue weighted by Gasteiger charge is 2.34. The molecule has 2 aromatic rings. The third kappa shape index (κ3) is 4.79. The summed E-state index contributed by atoms with van der Waals surface area (Å²) >= 11 is 0. The van der Waals surface area contributed by atoms with Gasteiger partial charge in [-0.15, -0.1) is 0 Å². The first-order valence-corrected chi connectivity index (χ1v) is 11.2. The van der Waals surface area contributed by atoms with Crippen molar-refractivity contribution in [3.05, 3.63) is 53.6 Å². The minimum atomic E-state index is -3.78. The van der Waals surface area contributed by atoms with Gasteiger partial charge in [-0.25, -0.2) is 8.42 Å². The van der Waals surface area contributed by atoms with Crippen LogP contribution in [0, 0.1) is 18.8 Å². The number of nitrogens with one attached hydrogen (secondary N) is 1. The number of sulfonamides is 1. The van der Waals surface area contributed by atoms with Crippen LogP contribution in [0.25, 0.3) is 0 Å². The van der Waals surface area contributed by atoms with E-state index in [2.05, 4.69) is 19.2 Å². The second-order valence-electron chi connectivity index (χ2n) is 7.96. The predicted octanol–water partition coefficient (Wildman–Crippen LogP) is 3.92. The Morgan fingerprint density at radius 2 is 1.79 bits per heavy atom. The SMILES string of the molecule is COc1ccc(C(=O)Nc2cccc(C)c2)cc1S(=O)(=O)N1CC(C)CC(C)C1. The third-order valence-corrected chi connectivity index (χ3v) is 7.01. The summed E-state index contributed by atoms with van der Waals surface area (Å²) in [6.07, 6.45) is 1.00. The van der Waals surface area contributed by atoms with Gasteiger partial charge in [0.2, 0.25) is 10.0 Å². The highest BCUT2D eigenvalue weighted by atomic mass is 32.2. The number of piperidine rings is 1. The fourth-order valence-electron chi connectivity index (χ4n) is 3.89. The molecule has 2 unspecified atom stereocenters. The van der Waals surface area contributed by atoms with Gasteiger partial charge in [-0.2, -0.15) is 4.31 Å². The molecule has 1 aliphatic heterocycles. The second-order valence-corrected chi connectivity index (χ2v) is 9.86. The average Bonchev–Trinajstić information content (AvgIpc) is 2.66. The number of rotatable bonds is 5. The number of ether oxygens (including phenoxy) is 1. The quantitative estimate of drug-likeness (QED) is 0.801. The van der Waals surface area contributed by atoms with E-state index < -0.39 is 10.0 Å². The molecule has 1 amide bonds. The minimum absolute atomic E-state index is 0.0261. The number of hydrogen-bond donors (Lipinski definition) is 1. The maximum absolute atomic E-state index is 13.4. The monoisotopic (exact) mass is 416 g/mol. The van der Waals surface area contributed by atoms with Crippen LogP contribution in [-0.2, 0) is 10.0 Å². The second kappa shape index (κ2) is 8.55. The first-order chi connectivity index (χ1) is 13.7. The van der Waals surface area contributed by atoms with E-state index in [9.17, 15) is 13.2 Å². The van der Waals surface area contributed by atoms with Crippen molar-refractivity contribution in [3.63, 3.8) is 0 Å². The van der Waals surface area contributed by atoms with Crippen LogP contribution < -0.4 is 10.1 Å². The van der Waals surface area contributed by atoms with Crippen molar-refractivity contribution >= 4 is 21.6 Å². The van der Waals surface area contributed by atoms with Gasteiger partial charge < -0.3 is 10.1 Å². The molecule has 1 aliphatic rings. The lowest BCUT2D eigenvalue weighted by Gasteiger charge is -2.34. The molecule has 1 fully saturated rings. The van der Waals surface area contributed by atoms with E-state index in [1.54, 1.807) is 12.1 Å². The highest BCUT2D eigenvalue weighted by Crippen LogP contribution is 2.32. The maximum Gasteiger partial charge on any atom is 0.255 e. The topological polar surface area (TPSA) is 75.7 Å². The van der Waals surface area contributed by atoms with Crippen molar-refractivity contribution in [1.82, 2.24) is 4.31 Å². The number of carbonyl (C=O) groups is 1. The van der Waals surface area contributed by atoms with Crippen molar-refractivity contribution in [3.8, 4) is 5.75 Å². The van der Waals surface area contributed by atoms with Crippen molar-refractivity contribution < 1.29 is 17.9 Å². The van der Waals surface area contributed by atoms with Gasteiger partial charge in [0.1, 0.15) is 10.6 Å². The first kappa shape index (κ1) is 21.3. The Morgan fingerprint density at radius 1 is 1.10 bits per heavy atom. The summed E-state index contributed by atoms with van der Waals surface area (Å²) in [5, 5.41) is 2.82. The van der Waals surface area contributed by atoms with Crippen LogP contribution >= 0.6 is 0 Å². The molecule has 2 atom stereocenters. The van der Waals surface area contributed by atoms with Gasteiger partial charge >= 0.3 is 0 Å². The molecule has 6 nitrogen and oxygen atoms in total. The molecule has 0 aromatic heterocycles. The molecule has 156 valence electrons. The molecule has 29 heavy (non-hydrogen) atoms. The molecule has 7 heteroatoms. The molecular formula is C22H28N2O4S. The van der Waals surface area contributed by atoms with E-state index in [0.717, 1.165) is 12.0 Å². The third-order valence-electron chi connectivity index (χ3n) is 5.15. The van der Waals surface area contributed by atoms with Gasteiger partial charge in [0, 0.05) is 24.3 Å². The normalized spacial score (nSPS) is 20.3. The lowest BCUT2D eigenvalue weighted by atomic mass is 9.94. The van der Waals surface area contributed by atoms with E-state index >= 15 is 0 Å². The van der Waals surface area contributed by atoms with Crippen molar-refractivity contribution in [2.45, 2.75) is 32.1 Å². The van der Waals surface area contributed by atoms with E-state index in [1.165, 1.54) is 23.5 Å². The van der Waals surface area contributed by atoms with Crippen LogP contribution in [0.5, 0.6) is 5.75 Å². The Balaban J connectivity index is 1.93. The standard InChI is InChI=1S/C22H28N2O4S/c1-15-6-5-7-19(11-15)23-22(25)18-8-9-20(28-4)21(12-18)29(26,27)24-13-16(2)10-17(3)14-24/h5-9,11-12,16-17H,10,13-14H2,1-4H3,(H,23,25). The number of hydrogen-bond acceptors (Lipinski definition) is 4. The molecule has 0 aliphatic carbocycles. The Morgan fingerprint density at radius 3 is 2.41 bits per heavy atom. The minimum Gasteiger partial charge on any atom is -0.495 e. The fourth-order valence-corrected chi connectivity index (χ4v) is 5.75. The van der Waals surface area contributed by atoms with Crippen LogP contribution in [0.4, 0.5) is 5.69 Å². The maximum atomic E-state index is 13.4. The molecule has 1 saturated heterocycles. The summed E-state index contributed by atoms with van der Waals surface area (Å²) in [6.45, 7) is 6.99. The lowest BCUT2D eigenvalue weighted by molar-refractivity contribution is 0.102. The fraction of sp³-hybridized carbons (Fsp3) is 0.409. The Kier molecular flexibility index (Phi) is 6.29. The first-order valence-electron chi connectivity index (χ1n) is 9.77. The van der Waals surface area contributed by atoms with Crippen LogP contribution in [-0.4, -0.2) is 38.8 Å². The Labute approximate surface area is 172 Å². The Bertz CT molecular complexity index is 994. The summed E-state index contributed by atoms with van der Waals surface area (Å²) in [6, 6.07) is 12.0. The van der Waals surface area contributed by atoms with Gasteiger partial charge in [0.05, 0.1) is 7.11 Å². The molecule has 0 saturated carbocycles. The highest BCUT2D eigenvalue weighted by molar-refractivity contribution is 7.89. The molecule has 0 radical (unpaired) electrons. The van der Waals surface area contributed by atoms with Gasteiger partial charge in [-0.05, 0) is 61.1 Å². The van der Waals surface area contributed by atoms with Crippen molar-refractivity contribution in [1.29, 1.82) is 0 Å². The molecule has 3 rings (SSSR count). The van der Waals surface area contributed by atoms with E-state index in [1.807, 2.05) is 25.1 Å². The van der Waals surface area contributed by atoms with Gasteiger partial charge in [-0.3, -0.25) is 4.79 Å². The number of nitrogens with zero attached hydrogens (tertiary/aromatic N) is 1. The van der Waals surface area contributed by atoms with E-state index in [0.29, 0.717) is 18.8 Å². The van der Waals surface area contributed by atoms with Gasteiger partial charge in [0.25, 0.3) is 5.91 Å². The van der Waals surface area contributed by atoms with Crippen molar-refractivity contribution in [2.75, 3.05) is 25.5 Å². The van der Waals surface area contributed by atoms with Crippen molar-refractivity contribution in [2.24, 2.45) is 11.8 Å². The summed E-state index contributed by atoms with van der Waals surface area (Å²) in [5.41, 5.74) is 1.95. The summed E-state index contributed by atoms with van der Waals surface area (Å²) in [4.78, 5) is 12.8. The zero-order valence-electron chi connectivity index (χ0n) is 17.3.